The summed E-state index contributed by atoms with van der Waals surface area (Å²) in [6.07, 6.45) is -5.21. The summed E-state index contributed by atoms with van der Waals surface area (Å²) < 4.78 is 36.8. The van der Waals surface area contributed by atoms with Crippen molar-refractivity contribution < 1.29 is 13.2 Å². The normalized spacial score (nSPS) is 14.4. The average Bonchev–Trinajstić information content (AvgIpc) is 2.26. The van der Waals surface area contributed by atoms with Crippen LogP contribution in [0.4, 0.5) is 13.2 Å². The van der Waals surface area contributed by atoms with E-state index in [2.05, 4.69) is 15.9 Å². The SMILES string of the molecule is Cc1cc(Br)c(C(Cl)CC(F)(F)F)s1. The van der Waals surface area contributed by atoms with Crippen molar-refractivity contribution in [3.63, 3.8) is 0 Å². The van der Waals surface area contributed by atoms with Crippen LogP contribution in [0.3, 0.4) is 0 Å². The Hall–Kier alpha value is 0.260. The minimum Gasteiger partial charge on any atom is -0.171 e. The van der Waals surface area contributed by atoms with Gasteiger partial charge in [-0.3, -0.25) is 0 Å². The molecule has 1 rings (SSSR count). The second-order valence-electron chi connectivity index (χ2n) is 2.86. The first-order valence-corrected chi connectivity index (χ1v) is 5.81. The predicted octanol–water partition coefficient (Wildman–Crippen LogP) is 5.05. The average molecular weight is 308 g/mol. The molecule has 1 aromatic rings. The molecule has 0 amide bonds. The molecule has 0 aliphatic rings. The lowest BCUT2D eigenvalue weighted by Crippen LogP contribution is -2.10. The van der Waals surface area contributed by atoms with Gasteiger partial charge in [-0.05, 0) is 28.9 Å². The van der Waals surface area contributed by atoms with E-state index in [-0.39, 0.29) is 0 Å². The Kier molecular flexibility index (Phi) is 3.88. The fourth-order valence-corrected chi connectivity index (χ4v) is 3.47. The van der Waals surface area contributed by atoms with Crippen LogP contribution < -0.4 is 0 Å². The second-order valence-corrected chi connectivity index (χ2v) is 5.53. The number of alkyl halides is 4. The molecule has 0 nitrogen and oxygen atoms in total. The van der Waals surface area contributed by atoms with Crippen molar-refractivity contribution in [3.8, 4) is 0 Å². The van der Waals surface area contributed by atoms with Gasteiger partial charge in [-0.2, -0.15) is 13.2 Å². The van der Waals surface area contributed by atoms with Crippen LogP contribution in [0, 0.1) is 6.92 Å². The highest BCUT2D eigenvalue weighted by Gasteiger charge is 2.33. The van der Waals surface area contributed by atoms with E-state index in [1.807, 2.05) is 6.92 Å². The zero-order valence-electron chi connectivity index (χ0n) is 7.16. The van der Waals surface area contributed by atoms with E-state index in [9.17, 15) is 13.2 Å². The number of halogens is 5. The minimum absolute atomic E-state index is 0.543. The van der Waals surface area contributed by atoms with E-state index < -0.39 is 18.0 Å². The van der Waals surface area contributed by atoms with Gasteiger partial charge in [0, 0.05) is 14.2 Å². The van der Waals surface area contributed by atoms with Gasteiger partial charge < -0.3 is 0 Å². The van der Waals surface area contributed by atoms with Crippen LogP contribution in [0.1, 0.15) is 21.6 Å². The quantitative estimate of drug-likeness (QED) is 0.671. The van der Waals surface area contributed by atoms with Crippen molar-refractivity contribution in [1.29, 1.82) is 0 Å². The number of hydrogen-bond donors (Lipinski definition) is 0. The Balaban J connectivity index is 2.79. The van der Waals surface area contributed by atoms with Crippen molar-refractivity contribution in [2.24, 2.45) is 0 Å². The molecular weight excluding hydrogens is 301 g/mol. The summed E-state index contributed by atoms with van der Waals surface area (Å²) in [6.45, 7) is 1.83. The Bertz CT molecular complexity index is 321. The Morgan fingerprint density at radius 1 is 1.57 bits per heavy atom. The lowest BCUT2D eigenvalue weighted by molar-refractivity contribution is -0.134. The molecule has 6 heteroatoms. The summed E-state index contributed by atoms with van der Waals surface area (Å²) in [7, 11) is 0. The van der Waals surface area contributed by atoms with Gasteiger partial charge in [-0.1, -0.05) is 0 Å². The van der Waals surface area contributed by atoms with E-state index in [4.69, 9.17) is 11.6 Å². The molecule has 1 heterocycles. The van der Waals surface area contributed by atoms with Crippen molar-refractivity contribution in [2.45, 2.75) is 24.9 Å². The molecule has 0 saturated carbocycles. The fourth-order valence-electron chi connectivity index (χ4n) is 1.01. The monoisotopic (exact) mass is 306 g/mol. The highest BCUT2D eigenvalue weighted by Crippen LogP contribution is 2.41. The smallest absolute Gasteiger partial charge is 0.171 e. The summed E-state index contributed by atoms with van der Waals surface area (Å²) >= 11 is 10.1. The second kappa shape index (κ2) is 4.41. The molecule has 0 fully saturated rings. The Morgan fingerprint density at radius 2 is 2.14 bits per heavy atom. The molecule has 80 valence electrons. The molecule has 14 heavy (non-hydrogen) atoms. The molecule has 0 N–H and O–H groups in total. The van der Waals surface area contributed by atoms with Gasteiger partial charge in [0.25, 0.3) is 0 Å². The zero-order chi connectivity index (χ0) is 10.9. The molecule has 1 aromatic heterocycles. The summed E-state index contributed by atoms with van der Waals surface area (Å²) in [4.78, 5) is 1.49. The Morgan fingerprint density at radius 3 is 2.50 bits per heavy atom. The summed E-state index contributed by atoms with van der Waals surface area (Å²) in [5.41, 5.74) is 0. The number of rotatable bonds is 2. The zero-order valence-corrected chi connectivity index (χ0v) is 10.3. The molecule has 0 spiro atoms. The molecule has 0 saturated heterocycles. The van der Waals surface area contributed by atoms with Crippen LogP contribution >= 0.6 is 38.9 Å². The largest absolute Gasteiger partial charge is 0.390 e. The standard InChI is InChI=1S/C8H7BrClF3S/c1-4-2-5(9)7(14-4)6(10)3-8(11,12)13/h2,6H,3H2,1H3. The van der Waals surface area contributed by atoms with E-state index in [0.717, 1.165) is 4.88 Å². The molecule has 0 bridgehead atoms. The predicted molar refractivity (Wildman–Crippen MR) is 56.0 cm³/mol. The maximum atomic E-state index is 12.0. The molecule has 0 aromatic carbocycles. The van der Waals surface area contributed by atoms with Crippen LogP contribution in [-0.2, 0) is 0 Å². The van der Waals surface area contributed by atoms with Gasteiger partial charge in [0.05, 0.1) is 11.8 Å². The lowest BCUT2D eigenvalue weighted by Gasteiger charge is -2.10. The molecule has 0 radical (unpaired) electrons. The first kappa shape index (κ1) is 12.3. The third kappa shape index (κ3) is 3.44. The third-order valence-electron chi connectivity index (χ3n) is 1.53. The van der Waals surface area contributed by atoms with Crippen molar-refractivity contribution in [1.82, 2.24) is 0 Å². The number of aryl methyl sites for hydroxylation is 1. The van der Waals surface area contributed by atoms with Gasteiger partial charge in [-0.25, -0.2) is 0 Å². The fraction of sp³-hybridized carbons (Fsp3) is 0.500. The van der Waals surface area contributed by atoms with Crippen LogP contribution in [-0.4, -0.2) is 6.18 Å². The van der Waals surface area contributed by atoms with E-state index in [0.29, 0.717) is 9.35 Å². The van der Waals surface area contributed by atoms with Crippen LogP contribution in [0.2, 0.25) is 0 Å². The third-order valence-corrected chi connectivity index (χ3v) is 4.12. The van der Waals surface area contributed by atoms with Crippen LogP contribution in [0.25, 0.3) is 0 Å². The van der Waals surface area contributed by atoms with Crippen LogP contribution in [0.5, 0.6) is 0 Å². The molecule has 1 unspecified atom stereocenters. The maximum Gasteiger partial charge on any atom is 0.390 e. The topological polar surface area (TPSA) is 0 Å². The van der Waals surface area contributed by atoms with Crippen molar-refractivity contribution >= 4 is 38.9 Å². The molecular formula is C8H7BrClF3S. The van der Waals surface area contributed by atoms with Crippen LogP contribution in [0.15, 0.2) is 10.5 Å². The number of hydrogen-bond acceptors (Lipinski definition) is 1. The summed E-state index contributed by atoms with van der Waals surface area (Å²) in [5.74, 6) is 0. The van der Waals surface area contributed by atoms with E-state index >= 15 is 0 Å². The molecule has 0 aliphatic heterocycles. The maximum absolute atomic E-state index is 12.0. The Labute approximate surface area is 97.2 Å². The van der Waals surface area contributed by atoms with E-state index in [1.54, 1.807) is 6.07 Å². The minimum atomic E-state index is -4.22. The lowest BCUT2D eigenvalue weighted by atomic mass is 10.2. The van der Waals surface area contributed by atoms with Gasteiger partial charge in [0.1, 0.15) is 0 Å². The molecule has 0 aliphatic carbocycles. The summed E-state index contributed by atoms with van der Waals surface area (Å²) in [6, 6.07) is 1.77. The van der Waals surface area contributed by atoms with Gasteiger partial charge >= 0.3 is 6.18 Å². The van der Waals surface area contributed by atoms with Crippen molar-refractivity contribution in [3.05, 3.63) is 20.3 Å². The van der Waals surface area contributed by atoms with Gasteiger partial charge in [0.2, 0.25) is 0 Å². The summed E-state index contributed by atoms with van der Waals surface area (Å²) in [5, 5.41) is -0.997. The highest BCUT2D eigenvalue weighted by atomic mass is 79.9. The molecule has 1 atom stereocenters. The van der Waals surface area contributed by atoms with Crippen molar-refractivity contribution in [2.75, 3.05) is 0 Å². The van der Waals surface area contributed by atoms with E-state index in [1.165, 1.54) is 11.3 Å². The highest BCUT2D eigenvalue weighted by molar-refractivity contribution is 9.10. The van der Waals surface area contributed by atoms with Gasteiger partial charge in [-0.15, -0.1) is 22.9 Å². The first-order chi connectivity index (χ1) is 6.29. The number of thiophene rings is 1. The first-order valence-electron chi connectivity index (χ1n) is 3.76. The van der Waals surface area contributed by atoms with Gasteiger partial charge in [0.15, 0.2) is 0 Å².